The monoisotopic (exact) mass is 282 g/mol. The zero-order chi connectivity index (χ0) is 11.4. The largest absolute Gasteiger partial charge is 0.459 e. The van der Waals surface area contributed by atoms with Crippen molar-refractivity contribution < 1.29 is 14.3 Å². The second kappa shape index (κ2) is 3.94. The highest BCUT2D eigenvalue weighted by Crippen LogP contribution is 2.53. The lowest BCUT2D eigenvalue weighted by atomic mass is 9.87. The molecule has 7 atom stereocenters. The van der Waals surface area contributed by atoms with E-state index in [1.54, 1.807) is 11.8 Å². The predicted octanol–water partition coefficient (Wildman–Crippen LogP) is 1.79. The van der Waals surface area contributed by atoms with Crippen LogP contribution in [0, 0.1) is 0 Å². The number of ether oxygens (including phenoxy) is 2. The molecule has 4 fully saturated rings. The van der Waals surface area contributed by atoms with E-state index in [4.69, 9.17) is 32.7 Å². The summed E-state index contributed by atoms with van der Waals surface area (Å²) in [6.45, 7) is 1.42. The Labute approximate surface area is 108 Å². The molecule has 90 valence electrons. The maximum atomic E-state index is 11.1. The molecular formula is C10H12Cl2O3S. The molecule has 0 radical (unpaired) electrons. The minimum absolute atomic E-state index is 0.0155. The lowest BCUT2D eigenvalue weighted by molar-refractivity contribution is -0.177. The summed E-state index contributed by atoms with van der Waals surface area (Å²) >= 11 is 14.4. The number of carbonyl (C=O) groups excluding carboxylic acids is 1. The average molecular weight is 283 g/mol. The quantitative estimate of drug-likeness (QED) is 0.543. The summed E-state index contributed by atoms with van der Waals surface area (Å²) in [5.74, 6) is -0.270. The Morgan fingerprint density at radius 2 is 2.19 bits per heavy atom. The lowest BCUT2D eigenvalue weighted by Gasteiger charge is -2.56. The van der Waals surface area contributed by atoms with Gasteiger partial charge in [0.1, 0.15) is 6.10 Å². The Bertz CT molecular complexity index is 327. The van der Waals surface area contributed by atoms with E-state index in [0.29, 0.717) is 5.25 Å². The van der Waals surface area contributed by atoms with Gasteiger partial charge in [-0.3, -0.25) is 4.79 Å². The molecule has 7 unspecified atom stereocenters. The van der Waals surface area contributed by atoms with Crippen LogP contribution in [0.15, 0.2) is 0 Å². The van der Waals surface area contributed by atoms with Gasteiger partial charge in [-0.2, -0.15) is 0 Å². The fraction of sp³-hybridized carbons (Fsp3) is 0.900. The highest BCUT2D eigenvalue weighted by Gasteiger charge is 2.60. The molecule has 0 aromatic carbocycles. The van der Waals surface area contributed by atoms with Crippen molar-refractivity contribution in [3.63, 3.8) is 0 Å². The van der Waals surface area contributed by atoms with Gasteiger partial charge in [0, 0.05) is 12.2 Å². The molecule has 0 N–H and O–H groups in total. The van der Waals surface area contributed by atoms with Crippen molar-refractivity contribution >= 4 is 40.9 Å². The first-order valence-electron chi connectivity index (χ1n) is 5.34. The number of thioether (sulfide) groups is 1. The van der Waals surface area contributed by atoms with Crippen LogP contribution in [0.25, 0.3) is 0 Å². The van der Waals surface area contributed by atoms with Crippen LogP contribution in [0.2, 0.25) is 0 Å². The Balaban J connectivity index is 1.84. The zero-order valence-corrected chi connectivity index (χ0v) is 11.0. The lowest BCUT2D eigenvalue weighted by Crippen LogP contribution is -2.68. The van der Waals surface area contributed by atoms with E-state index in [2.05, 4.69) is 0 Å². The van der Waals surface area contributed by atoms with E-state index < -0.39 is 0 Å². The van der Waals surface area contributed by atoms with Gasteiger partial charge in [0.05, 0.1) is 28.2 Å². The normalized spacial score (nSPS) is 54.1. The first kappa shape index (κ1) is 11.5. The highest BCUT2D eigenvalue weighted by atomic mass is 35.5. The molecule has 0 amide bonds. The summed E-state index contributed by atoms with van der Waals surface area (Å²) in [5.41, 5.74) is 0. The van der Waals surface area contributed by atoms with Crippen LogP contribution in [0.4, 0.5) is 0 Å². The molecule has 4 aliphatic heterocycles. The molecule has 3 nitrogen and oxygen atoms in total. The van der Waals surface area contributed by atoms with Crippen LogP contribution in [0.3, 0.4) is 0 Å². The Morgan fingerprint density at radius 3 is 2.88 bits per heavy atom. The minimum atomic E-state index is -0.270. The summed E-state index contributed by atoms with van der Waals surface area (Å²) in [4.78, 5) is 11.1. The van der Waals surface area contributed by atoms with Crippen LogP contribution in [-0.2, 0) is 14.3 Å². The summed E-state index contributed by atoms with van der Waals surface area (Å²) in [5, 5.41) is 0.336. The maximum absolute atomic E-state index is 11.1. The highest BCUT2D eigenvalue weighted by molar-refractivity contribution is 8.00. The molecule has 4 rings (SSSR count). The van der Waals surface area contributed by atoms with Crippen LogP contribution < -0.4 is 0 Å². The van der Waals surface area contributed by atoms with Gasteiger partial charge in [-0.15, -0.1) is 35.0 Å². The van der Waals surface area contributed by atoms with E-state index in [1.165, 1.54) is 6.92 Å². The van der Waals surface area contributed by atoms with Crippen molar-refractivity contribution in [2.75, 3.05) is 0 Å². The van der Waals surface area contributed by atoms with Crippen LogP contribution in [0.5, 0.6) is 0 Å². The van der Waals surface area contributed by atoms with E-state index in [-0.39, 0.29) is 40.3 Å². The topological polar surface area (TPSA) is 35.5 Å². The fourth-order valence-corrected chi connectivity index (χ4v) is 5.57. The van der Waals surface area contributed by atoms with Crippen molar-refractivity contribution in [1.82, 2.24) is 0 Å². The summed E-state index contributed by atoms with van der Waals surface area (Å²) in [7, 11) is 0. The molecule has 0 aromatic heterocycles. The Morgan fingerprint density at radius 1 is 1.44 bits per heavy atom. The minimum Gasteiger partial charge on any atom is -0.459 e. The number of hydrogen-bond donors (Lipinski definition) is 0. The second-order valence-electron chi connectivity index (χ2n) is 4.48. The van der Waals surface area contributed by atoms with Crippen molar-refractivity contribution in [3.8, 4) is 0 Å². The van der Waals surface area contributed by atoms with Crippen LogP contribution in [-0.4, -0.2) is 45.5 Å². The van der Waals surface area contributed by atoms with E-state index in [9.17, 15) is 4.79 Å². The van der Waals surface area contributed by atoms with Gasteiger partial charge < -0.3 is 9.47 Å². The summed E-state index contributed by atoms with van der Waals surface area (Å²) < 4.78 is 11.1. The first-order chi connectivity index (χ1) is 7.58. The van der Waals surface area contributed by atoms with Gasteiger partial charge in [0.25, 0.3) is 0 Å². The van der Waals surface area contributed by atoms with Crippen LogP contribution in [0.1, 0.15) is 13.3 Å². The van der Waals surface area contributed by atoms with Crippen LogP contribution >= 0.6 is 35.0 Å². The fourth-order valence-electron chi connectivity index (χ4n) is 2.76. The van der Waals surface area contributed by atoms with Crippen molar-refractivity contribution in [3.05, 3.63) is 0 Å². The summed E-state index contributed by atoms with van der Waals surface area (Å²) in [6, 6.07) is 0. The number of rotatable bonds is 1. The third-order valence-electron chi connectivity index (χ3n) is 3.42. The maximum Gasteiger partial charge on any atom is 0.303 e. The number of hydrogen-bond acceptors (Lipinski definition) is 4. The van der Waals surface area contributed by atoms with Crippen molar-refractivity contribution in [2.45, 2.75) is 52.9 Å². The predicted molar refractivity (Wildman–Crippen MR) is 63.3 cm³/mol. The zero-order valence-electron chi connectivity index (χ0n) is 8.64. The molecule has 4 heterocycles. The summed E-state index contributed by atoms with van der Waals surface area (Å²) in [6.07, 6.45) is 0.537. The molecule has 4 bridgehead atoms. The molecule has 4 aliphatic rings. The molecule has 0 aliphatic carbocycles. The molecule has 0 aromatic rings. The number of halogens is 2. The molecular weight excluding hydrogens is 271 g/mol. The van der Waals surface area contributed by atoms with Gasteiger partial charge in [0.15, 0.2) is 0 Å². The van der Waals surface area contributed by atoms with Gasteiger partial charge in [-0.05, 0) is 6.42 Å². The third kappa shape index (κ3) is 1.57. The third-order valence-corrected chi connectivity index (χ3v) is 6.50. The number of esters is 1. The Kier molecular flexibility index (Phi) is 2.82. The van der Waals surface area contributed by atoms with Gasteiger partial charge in [-0.25, -0.2) is 0 Å². The molecule has 4 saturated heterocycles. The van der Waals surface area contributed by atoms with Gasteiger partial charge in [0.2, 0.25) is 0 Å². The van der Waals surface area contributed by atoms with Gasteiger partial charge >= 0.3 is 5.97 Å². The average Bonchev–Trinajstić information content (AvgIpc) is 2.21. The van der Waals surface area contributed by atoms with E-state index in [1.807, 2.05) is 0 Å². The van der Waals surface area contributed by atoms with E-state index in [0.717, 1.165) is 6.42 Å². The number of alkyl halides is 2. The standard InChI is InChI=1S/C10H12Cl2O3S/c1-3(13)14-8-4-2-5-6(11)9(15-4)7(12)10(8)16-5/h4-10H,2H2,1H3. The molecule has 6 heteroatoms. The molecule has 0 saturated carbocycles. The Hall–Kier alpha value is 0.360. The SMILES string of the molecule is CC(=O)OC1C2CC3SC1C(Cl)C(O2)C3Cl. The molecule has 0 spiro atoms. The number of carbonyl (C=O) groups is 1. The van der Waals surface area contributed by atoms with Gasteiger partial charge in [-0.1, -0.05) is 0 Å². The van der Waals surface area contributed by atoms with Crippen molar-refractivity contribution in [2.24, 2.45) is 0 Å². The van der Waals surface area contributed by atoms with E-state index >= 15 is 0 Å². The van der Waals surface area contributed by atoms with Crippen molar-refractivity contribution in [1.29, 1.82) is 0 Å². The smallest absolute Gasteiger partial charge is 0.303 e. The second-order valence-corrected chi connectivity index (χ2v) is 6.91. The first-order valence-corrected chi connectivity index (χ1v) is 7.16. The molecule has 16 heavy (non-hydrogen) atoms.